The van der Waals surface area contributed by atoms with Crippen molar-refractivity contribution in [1.82, 2.24) is 4.72 Å². The molecule has 114 valence electrons. The molecule has 1 aromatic carbocycles. The average molecular weight is 308 g/mol. The molecule has 0 radical (unpaired) electrons. The van der Waals surface area contributed by atoms with Gasteiger partial charge in [0.25, 0.3) is 0 Å². The van der Waals surface area contributed by atoms with Gasteiger partial charge < -0.3 is 9.73 Å². The van der Waals surface area contributed by atoms with Crippen molar-refractivity contribution in [3.05, 3.63) is 47.4 Å². The van der Waals surface area contributed by atoms with Crippen LogP contribution in [0, 0.1) is 13.8 Å². The SMILES string of the molecule is CNc1cc(C)c(S(=O)(=O)NC(C)c2ccco2)c(C)c1. The van der Waals surface area contributed by atoms with E-state index >= 15 is 0 Å². The normalized spacial score (nSPS) is 13.1. The van der Waals surface area contributed by atoms with Gasteiger partial charge in [0.1, 0.15) is 5.76 Å². The monoisotopic (exact) mass is 308 g/mol. The second kappa shape index (κ2) is 5.91. The summed E-state index contributed by atoms with van der Waals surface area (Å²) in [6, 6.07) is 6.70. The minimum atomic E-state index is -3.61. The smallest absolute Gasteiger partial charge is 0.241 e. The fourth-order valence-electron chi connectivity index (χ4n) is 2.41. The number of anilines is 1. The van der Waals surface area contributed by atoms with E-state index in [1.165, 1.54) is 6.26 Å². The predicted molar refractivity (Wildman–Crippen MR) is 82.9 cm³/mol. The maximum absolute atomic E-state index is 12.6. The zero-order chi connectivity index (χ0) is 15.6. The molecule has 1 unspecified atom stereocenters. The number of rotatable bonds is 5. The first-order valence-corrected chi connectivity index (χ1v) is 8.18. The van der Waals surface area contributed by atoms with Crippen LogP contribution in [0.25, 0.3) is 0 Å². The third kappa shape index (κ3) is 3.28. The molecule has 1 atom stereocenters. The second-order valence-corrected chi connectivity index (χ2v) is 6.70. The molecule has 2 rings (SSSR count). The van der Waals surface area contributed by atoms with Gasteiger partial charge in [0, 0.05) is 12.7 Å². The summed E-state index contributed by atoms with van der Waals surface area (Å²) in [6.07, 6.45) is 1.53. The number of furan rings is 1. The van der Waals surface area contributed by atoms with Gasteiger partial charge in [0.05, 0.1) is 17.2 Å². The highest BCUT2D eigenvalue weighted by Crippen LogP contribution is 2.26. The van der Waals surface area contributed by atoms with Gasteiger partial charge >= 0.3 is 0 Å². The molecule has 0 aliphatic heterocycles. The van der Waals surface area contributed by atoms with Crippen molar-refractivity contribution < 1.29 is 12.8 Å². The molecule has 1 heterocycles. The molecule has 0 amide bonds. The highest BCUT2D eigenvalue weighted by Gasteiger charge is 2.23. The highest BCUT2D eigenvalue weighted by molar-refractivity contribution is 7.89. The van der Waals surface area contributed by atoms with Crippen molar-refractivity contribution in [1.29, 1.82) is 0 Å². The van der Waals surface area contributed by atoms with E-state index in [4.69, 9.17) is 4.42 Å². The van der Waals surface area contributed by atoms with E-state index in [-0.39, 0.29) is 0 Å². The van der Waals surface area contributed by atoms with Crippen LogP contribution in [0.3, 0.4) is 0 Å². The van der Waals surface area contributed by atoms with Crippen molar-refractivity contribution in [2.45, 2.75) is 31.7 Å². The third-order valence-corrected chi connectivity index (χ3v) is 5.16. The first kappa shape index (κ1) is 15.6. The number of hydrogen-bond acceptors (Lipinski definition) is 4. The van der Waals surface area contributed by atoms with Crippen LogP contribution in [-0.4, -0.2) is 15.5 Å². The van der Waals surface area contributed by atoms with E-state index in [0.717, 1.165) is 5.69 Å². The predicted octanol–water partition coefficient (Wildman–Crippen LogP) is 2.98. The minimum Gasteiger partial charge on any atom is -0.468 e. The maximum Gasteiger partial charge on any atom is 0.241 e. The van der Waals surface area contributed by atoms with E-state index in [2.05, 4.69) is 10.0 Å². The zero-order valence-corrected chi connectivity index (χ0v) is 13.4. The molecule has 1 aromatic heterocycles. The molecule has 0 fully saturated rings. The van der Waals surface area contributed by atoms with Crippen molar-refractivity contribution >= 4 is 15.7 Å². The van der Waals surface area contributed by atoms with Crippen molar-refractivity contribution in [2.24, 2.45) is 0 Å². The lowest BCUT2D eigenvalue weighted by Crippen LogP contribution is -2.28. The van der Waals surface area contributed by atoms with Crippen LogP contribution >= 0.6 is 0 Å². The average Bonchev–Trinajstić information content (AvgIpc) is 2.90. The van der Waals surface area contributed by atoms with Crippen LogP contribution in [0.1, 0.15) is 29.9 Å². The van der Waals surface area contributed by atoms with E-state index in [9.17, 15) is 8.42 Å². The fraction of sp³-hybridized carbons (Fsp3) is 0.333. The van der Waals surface area contributed by atoms with Gasteiger partial charge in [-0.3, -0.25) is 0 Å². The van der Waals surface area contributed by atoms with Crippen LogP contribution < -0.4 is 10.0 Å². The number of sulfonamides is 1. The summed E-state index contributed by atoms with van der Waals surface area (Å²) in [7, 11) is -1.80. The third-order valence-electron chi connectivity index (χ3n) is 3.32. The summed E-state index contributed by atoms with van der Waals surface area (Å²) in [5.41, 5.74) is 2.31. The van der Waals surface area contributed by atoms with Crippen LogP contribution in [0.4, 0.5) is 5.69 Å². The number of nitrogens with one attached hydrogen (secondary N) is 2. The Morgan fingerprint density at radius 3 is 2.29 bits per heavy atom. The van der Waals surface area contributed by atoms with Gasteiger partial charge in [-0.1, -0.05) is 0 Å². The molecule has 2 aromatic rings. The summed E-state index contributed by atoms with van der Waals surface area (Å²) in [5.74, 6) is 0.584. The lowest BCUT2D eigenvalue weighted by molar-refractivity contribution is 0.459. The Bertz CT molecular complexity index is 698. The lowest BCUT2D eigenvalue weighted by atomic mass is 10.1. The largest absolute Gasteiger partial charge is 0.468 e. The van der Waals surface area contributed by atoms with Crippen LogP contribution in [0.2, 0.25) is 0 Å². The number of aryl methyl sites for hydroxylation is 2. The Morgan fingerprint density at radius 2 is 1.81 bits per heavy atom. The second-order valence-electron chi connectivity index (χ2n) is 5.05. The van der Waals surface area contributed by atoms with E-state index in [1.54, 1.807) is 40.0 Å². The van der Waals surface area contributed by atoms with Gasteiger partial charge in [-0.2, -0.15) is 0 Å². The van der Waals surface area contributed by atoms with Crippen molar-refractivity contribution in [3.63, 3.8) is 0 Å². The van der Waals surface area contributed by atoms with Crippen molar-refractivity contribution in [2.75, 3.05) is 12.4 Å². The van der Waals surface area contributed by atoms with Crippen LogP contribution in [0.5, 0.6) is 0 Å². The molecule has 0 saturated carbocycles. The van der Waals surface area contributed by atoms with Crippen molar-refractivity contribution in [3.8, 4) is 0 Å². The Morgan fingerprint density at radius 1 is 1.19 bits per heavy atom. The molecule has 0 aliphatic rings. The summed E-state index contributed by atoms with van der Waals surface area (Å²) in [6.45, 7) is 5.34. The summed E-state index contributed by atoms with van der Waals surface area (Å²) >= 11 is 0. The lowest BCUT2D eigenvalue weighted by Gasteiger charge is -2.16. The molecular weight excluding hydrogens is 288 g/mol. The standard InChI is InChI=1S/C15H20N2O3S/c1-10-8-13(16-4)9-11(2)15(10)21(18,19)17-12(3)14-6-5-7-20-14/h5-9,12,16-17H,1-4H3. The molecule has 0 aliphatic carbocycles. The Balaban J connectivity index is 2.36. The summed E-state index contributed by atoms with van der Waals surface area (Å²) < 4.78 is 33.1. The highest BCUT2D eigenvalue weighted by atomic mass is 32.2. The fourth-order valence-corrected chi connectivity index (χ4v) is 4.07. The molecular formula is C15H20N2O3S. The molecule has 2 N–H and O–H groups in total. The van der Waals surface area contributed by atoms with Crippen LogP contribution in [-0.2, 0) is 10.0 Å². The Kier molecular flexibility index (Phi) is 4.39. The first-order valence-electron chi connectivity index (χ1n) is 6.70. The summed E-state index contributed by atoms with van der Waals surface area (Å²) in [4.78, 5) is 0.319. The van der Waals surface area contributed by atoms with E-state index in [0.29, 0.717) is 21.8 Å². The Hall–Kier alpha value is -1.79. The quantitative estimate of drug-likeness (QED) is 0.891. The maximum atomic E-state index is 12.6. The first-order chi connectivity index (χ1) is 9.85. The number of benzene rings is 1. The molecule has 0 saturated heterocycles. The molecule has 5 nitrogen and oxygen atoms in total. The Labute approximate surface area is 125 Å². The molecule has 0 spiro atoms. The number of hydrogen-bond donors (Lipinski definition) is 2. The van der Waals surface area contributed by atoms with Crippen LogP contribution in [0.15, 0.2) is 39.8 Å². The van der Waals surface area contributed by atoms with Gasteiger partial charge in [-0.05, 0) is 56.2 Å². The zero-order valence-electron chi connectivity index (χ0n) is 12.6. The topological polar surface area (TPSA) is 71.3 Å². The van der Waals surface area contributed by atoms with E-state index < -0.39 is 16.1 Å². The van der Waals surface area contributed by atoms with Gasteiger partial charge in [-0.25, -0.2) is 13.1 Å². The van der Waals surface area contributed by atoms with E-state index in [1.807, 2.05) is 12.1 Å². The minimum absolute atomic E-state index is 0.319. The van der Waals surface area contributed by atoms with Gasteiger partial charge in [-0.15, -0.1) is 0 Å². The van der Waals surface area contributed by atoms with Gasteiger partial charge in [0.2, 0.25) is 10.0 Å². The molecule has 6 heteroatoms. The van der Waals surface area contributed by atoms with Gasteiger partial charge in [0.15, 0.2) is 0 Å². The summed E-state index contributed by atoms with van der Waals surface area (Å²) in [5, 5.41) is 3.02. The molecule has 21 heavy (non-hydrogen) atoms. The molecule has 0 bridgehead atoms.